The van der Waals surface area contributed by atoms with Gasteiger partial charge in [-0.25, -0.2) is 0 Å². The highest BCUT2D eigenvalue weighted by Gasteiger charge is 2.20. The van der Waals surface area contributed by atoms with Crippen molar-refractivity contribution < 1.29 is 0 Å². The Labute approximate surface area is 106 Å². The second kappa shape index (κ2) is 6.20. The molecule has 0 aromatic heterocycles. The number of hydrogen-bond donors (Lipinski definition) is 1. The van der Waals surface area contributed by atoms with Crippen molar-refractivity contribution in [1.82, 2.24) is 0 Å². The van der Waals surface area contributed by atoms with Crippen molar-refractivity contribution in [3.63, 3.8) is 0 Å². The van der Waals surface area contributed by atoms with E-state index in [1.807, 2.05) is 0 Å². The predicted octanol–water partition coefficient (Wildman–Crippen LogP) is 4.10. The SMILES string of the molecule is CCc1ccc(CC)c(C(N)C(C)C(C)C)c1. The van der Waals surface area contributed by atoms with Crippen LogP contribution >= 0.6 is 0 Å². The zero-order valence-electron chi connectivity index (χ0n) is 12.0. The second-order valence-corrected chi connectivity index (χ2v) is 5.37. The van der Waals surface area contributed by atoms with Gasteiger partial charge in [-0.1, -0.05) is 52.8 Å². The number of rotatable bonds is 5. The van der Waals surface area contributed by atoms with Gasteiger partial charge < -0.3 is 5.73 Å². The first kappa shape index (κ1) is 14.2. The van der Waals surface area contributed by atoms with Gasteiger partial charge in [0.1, 0.15) is 0 Å². The largest absolute Gasteiger partial charge is 0.324 e. The summed E-state index contributed by atoms with van der Waals surface area (Å²) >= 11 is 0. The van der Waals surface area contributed by atoms with Crippen LogP contribution in [0.1, 0.15) is 57.4 Å². The van der Waals surface area contributed by atoms with E-state index >= 15 is 0 Å². The molecule has 0 fully saturated rings. The van der Waals surface area contributed by atoms with Gasteiger partial charge in [0.2, 0.25) is 0 Å². The van der Waals surface area contributed by atoms with Crippen molar-refractivity contribution >= 4 is 0 Å². The third-order valence-corrected chi connectivity index (χ3v) is 3.98. The third kappa shape index (κ3) is 3.32. The smallest absolute Gasteiger partial charge is 0.0326 e. The molecule has 0 saturated heterocycles. The topological polar surface area (TPSA) is 26.0 Å². The van der Waals surface area contributed by atoms with E-state index in [2.05, 4.69) is 52.8 Å². The Hall–Kier alpha value is -0.820. The van der Waals surface area contributed by atoms with Crippen LogP contribution in [-0.2, 0) is 12.8 Å². The average Bonchev–Trinajstić information content (AvgIpc) is 2.35. The first-order chi connectivity index (χ1) is 8.01. The number of benzene rings is 1. The highest BCUT2D eigenvalue weighted by molar-refractivity contribution is 5.34. The molecule has 0 aliphatic heterocycles. The van der Waals surface area contributed by atoms with Crippen LogP contribution in [0, 0.1) is 11.8 Å². The Morgan fingerprint density at radius 2 is 1.71 bits per heavy atom. The fraction of sp³-hybridized carbons (Fsp3) is 0.625. The van der Waals surface area contributed by atoms with Crippen LogP contribution in [0.5, 0.6) is 0 Å². The summed E-state index contributed by atoms with van der Waals surface area (Å²) < 4.78 is 0. The molecule has 0 bridgehead atoms. The van der Waals surface area contributed by atoms with E-state index in [4.69, 9.17) is 5.73 Å². The number of hydrogen-bond acceptors (Lipinski definition) is 1. The Bertz CT molecular complexity index is 355. The maximum absolute atomic E-state index is 6.44. The molecule has 2 atom stereocenters. The van der Waals surface area contributed by atoms with Gasteiger partial charge in [0.15, 0.2) is 0 Å². The molecule has 1 rings (SSSR count). The monoisotopic (exact) mass is 233 g/mol. The fourth-order valence-corrected chi connectivity index (χ4v) is 2.19. The molecule has 1 heteroatoms. The quantitative estimate of drug-likeness (QED) is 0.814. The zero-order valence-corrected chi connectivity index (χ0v) is 12.0. The lowest BCUT2D eigenvalue weighted by molar-refractivity contribution is 0.351. The molecule has 0 heterocycles. The third-order valence-electron chi connectivity index (χ3n) is 3.98. The van der Waals surface area contributed by atoms with Gasteiger partial charge in [0, 0.05) is 6.04 Å². The van der Waals surface area contributed by atoms with E-state index in [9.17, 15) is 0 Å². The molecular weight excluding hydrogens is 206 g/mol. The highest BCUT2D eigenvalue weighted by Crippen LogP contribution is 2.29. The molecule has 0 amide bonds. The minimum Gasteiger partial charge on any atom is -0.324 e. The van der Waals surface area contributed by atoms with Crippen LogP contribution < -0.4 is 5.73 Å². The second-order valence-electron chi connectivity index (χ2n) is 5.37. The predicted molar refractivity (Wildman–Crippen MR) is 76.1 cm³/mol. The van der Waals surface area contributed by atoms with Crippen LogP contribution in [0.3, 0.4) is 0 Å². The normalized spacial score (nSPS) is 15.0. The minimum atomic E-state index is 0.163. The van der Waals surface area contributed by atoms with Gasteiger partial charge in [-0.05, 0) is 41.4 Å². The Kier molecular flexibility index (Phi) is 5.20. The summed E-state index contributed by atoms with van der Waals surface area (Å²) in [5.74, 6) is 1.15. The summed E-state index contributed by atoms with van der Waals surface area (Å²) in [7, 11) is 0. The van der Waals surface area contributed by atoms with E-state index in [1.165, 1.54) is 16.7 Å². The maximum atomic E-state index is 6.44. The molecule has 0 aliphatic carbocycles. The number of nitrogens with two attached hydrogens (primary N) is 1. The molecule has 17 heavy (non-hydrogen) atoms. The standard InChI is InChI=1S/C16H27N/c1-6-13-8-9-14(7-2)15(10-13)16(17)12(5)11(3)4/h8-12,16H,6-7,17H2,1-5H3. The van der Waals surface area contributed by atoms with Crippen LogP contribution in [0.25, 0.3) is 0 Å². The van der Waals surface area contributed by atoms with Crippen LogP contribution in [-0.4, -0.2) is 0 Å². The van der Waals surface area contributed by atoms with Crippen LogP contribution in [0.15, 0.2) is 18.2 Å². The first-order valence-electron chi connectivity index (χ1n) is 6.88. The summed E-state index contributed by atoms with van der Waals surface area (Å²) in [5, 5.41) is 0. The number of aryl methyl sites for hydroxylation is 2. The summed E-state index contributed by atoms with van der Waals surface area (Å²) in [6.07, 6.45) is 2.15. The Morgan fingerprint density at radius 1 is 1.06 bits per heavy atom. The van der Waals surface area contributed by atoms with Crippen LogP contribution in [0.2, 0.25) is 0 Å². The summed E-state index contributed by atoms with van der Waals surface area (Å²) in [5.41, 5.74) is 10.6. The molecule has 0 radical (unpaired) electrons. The van der Waals surface area contributed by atoms with Crippen molar-refractivity contribution in [2.45, 2.75) is 53.5 Å². The molecule has 96 valence electrons. The van der Waals surface area contributed by atoms with Gasteiger partial charge >= 0.3 is 0 Å². The lowest BCUT2D eigenvalue weighted by atomic mass is 9.83. The van der Waals surface area contributed by atoms with Crippen molar-refractivity contribution in [3.8, 4) is 0 Å². The van der Waals surface area contributed by atoms with Crippen molar-refractivity contribution in [3.05, 3.63) is 34.9 Å². The highest BCUT2D eigenvalue weighted by atomic mass is 14.7. The van der Waals surface area contributed by atoms with Crippen molar-refractivity contribution in [2.75, 3.05) is 0 Å². The van der Waals surface area contributed by atoms with Gasteiger partial charge in [0.05, 0.1) is 0 Å². The van der Waals surface area contributed by atoms with E-state index in [-0.39, 0.29) is 6.04 Å². The summed E-state index contributed by atoms with van der Waals surface area (Å²) in [6.45, 7) is 11.2. The molecule has 0 saturated carbocycles. The van der Waals surface area contributed by atoms with Gasteiger partial charge in [-0.15, -0.1) is 0 Å². The molecular formula is C16H27N. The zero-order chi connectivity index (χ0) is 13.0. The molecule has 2 unspecified atom stereocenters. The lowest BCUT2D eigenvalue weighted by Crippen LogP contribution is -2.24. The van der Waals surface area contributed by atoms with E-state index in [0.29, 0.717) is 11.8 Å². The van der Waals surface area contributed by atoms with Crippen LogP contribution in [0.4, 0.5) is 0 Å². The summed E-state index contributed by atoms with van der Waals surface area (Å²) in [6, 6.07) is 6.95. The summed E-state index contributed by atoms with van der Waals surface area (Å²) in [4.78, 5) is 0. The van der Waals surface area contributed by atoms with Gasteiger partial charge in [-0.2, -0.15) is 0 Å². The average molecular weight is 233 g/mol. The van der Waals surface area contributed by atoms with E-state index in [1.54, 1.807) is 0 Å². The molecule has 0 aliphatic rings. The molecule has 1 nitrogen and oxygen atoms in total. The molecule has 2 N–H and O–H groups in total. The molecule has 1 aromatic carbocycles. The van der Waals surface area contributed by atoms with Gasteiger partial charge in [-0.3, -0.25) is 0 Å². The van der Waals surface area contributed by atoms with Crippen molar-refractivity contribution in [2.24, 2.45) is 17.6 Å². The van der Waals surface area contributed by atoms with Gasteiger partial charge in [0.25, 0.3) is 0 Å². The van der Waals surface area contributed by atoms with Crippen molar-refractivity contribution in [1.29, 1.82) is 0 Å². The first-order valence-corrected chi connectivity index (χ1v) is 6.88. The Morgan fingerprint density at radius 3 is 2.18 bits per heavy atom. The Balaban J connectivity index is 3.09. The van der Waals surface area contributed by atoms with E-state index < -0.39 is 0 Å². The van der Waals surface area contributed by atoms with E-state index in [0.717, 1.165) is 12.8 Å². The molecule has 0 spiro atoms. The maximum Gasteiger partial charge on any atom is 0.0326 e. The fourth-order valence-electron chi connectivity index (χ4n) is 2.19. The lowest BCUT2D eigenvalue weighted by Gasteiger charge is -2.26. The molecule has 1 aromatic rings. The minimum absolute atomic E-state index is 0.163.